The zero-order valence-corrected chi connectivity index (χ0v) is 6.14. The van der Waals surface area contributed by atoms with E-state index in [0.29, 0.717) is 12.6 Å². The first-order valence-corrected chi connectivity index (χ1v) is 3.64. The fourth-order valence-electron chi connectivity index (χ4n) is 0.755. The molecular weight excluding hydrogens is 114 g/mol. The van der Waals surface area contributed by atoms with Crippen molar-refractivity contribution in [1.82, 2.24) is 0 Å². The minimum Gasteiger partial charge on any atom is -0.396 e. The van der Waals surface area contributed by atoms with Crippen LogP contribution in [0.25, 0.3) is 0 Å². The lowest BCUT2D eigenvalue weighted by atomic mass is 10.1. The molecule has 0 aliphatic carbocycles. The van der Waals surface area contributed by atoms with Crippen molar-refractivity contribution in [2.24, 2.45) is 5.73 Å². The van der Waals surface area contributed by atoms with Gasteiger partial charge in [0, 0.05) is 12.6 Å². The number of aliphatic hydroxyl groups excluding tert-OH is 1. The van der Waals surface area contributed by atoms with Crippen LogP contribution in [0.4, 0.5) is 0 Å². The zero-order valence-electron chi connectivity index (χ0n) is 6.14. The Morgan fingerprint density at radius 2 is 2.00 bits per heavy atom. The highest BCUT2D eigenvalue weighted by Crippen LogP contribution is 2.00. The van der Waals surface area contributed by atoms with Crippen molar-refractivity contribution in [3.8, 4) is 0 Å². The van der Waals surface area contributed by atoms with E-state index in [1.165, 1.54) is 0 Å². The van der Waals surface area contributed by atoms with Crippen LogP contribution in [0.5, 0.6) is 0 Å². The molecule has 0 spiro atoms. The Balaban J connectivity index is 2.75. The molecule has 0 aromatic heterocycles. The monoisotopic (exact) mass is 131 g/mol. The van der Waals surface area contributed by atoms with Crippen LogP contribution in [0.15, 0.2) is 0 Å². The molecule has 0 aliphatic rings. The fraction of sp³-hybridized carbons (Fsp3) is 1.00. The van der Waals surface area contributed by atoms with E-state index in [4.69, 9.17) is 10.8 Å². The van der Waals surface area contributed by atoms with E-state index in [1.54, 1.807) is 0 Å². The molecule has 9 heavy (non-hydrogen) atoms. The Bertz CT molecular complexity index is 54.9. The number of unbranched alkanes of at least 4 members (excludes halogenated alkanes) is 2. The second-order valence-corrected chi connectivity index (χ2v) is 2.55. The second-order valence-electron chi connectivity index (χ2n) is 2.55. The lowest BCUT2D eigenvalue weighted by Crippen LogP contribution is -2.13. The molecule has 0 fully saturated rings. The Hall–Kier alpha value is -0.0800. The molecule has 0 aromatic rings. The second kappa shape index (κ2) is 6.05. The molecule has 0 aromatic carbocycles. The lowest BCUT2D eigenvalue weighted by molar-refractivity contribution is 0.282. The third kappa shape index (κ3) is 7.92. The summed E-state index contributed by atoms with van der Waals surface area (Å²) in [5.41, 5.74) is 5.51. The summed E-state index contributed by atoms with van der Waals surface area (Å²) < 4.78 is 0. The average molecular weight is 131 g/mol. The standard InChI is InChI=1S/C7H17NO/c1-7(8)5-3-2-4-6-9/h7,9H,2-6,8H2,1H3. The van der Waals surface area contributed by atoms with E-state index in [-0.39, 0.29) is 0 Å². The molecular formula is C7H17NO. The predicted molar refractivity (Wildman–Crippen MR) is 39.2 cm³/mol. The Labute approximate surface area is 57.1 Å². The van der Waals surface area contributed by atoms with Gasteiger partial charge in [0.1, 0.15) is 0 Å². The maximum absolute atomic E-state index is 8.40. The highest BCUT2D eigenvalue weighted by Gasteiger charge is 1.92. The van der Waals surface area contributed by atoms with E-state index in [0.717, 1.165) is 25.7 Å². The van der Waals surface area contributed by atoms with Crippen molar-refractivity contribution in [2.75, 3.05) is 6.61 Å². The maximum Gasteiger partial charge on any atom is 0.0431 e. The van der Waals surface area contributed by atoms with Crippen LogP contribution in [0.3, 0.4) is 0 Å². The minimum absolute atomic E-state index is 0.318. The molecule has 1 unspecified atom stereocenters. The number of rotatable bonds is 5. The molecule has 0 rings (SSSR count). The van der Waals surface area contributed by atoms with Gasteiger partial charge in [-0.05, 0) is 19.8 Å². The molecule has 0 aliphatic heterocycles. The van der Waals surface area contributed by atoms with Gasteiger partial charge in [-0.15, -0.1) is 0 Å². The van der Waals surface area contributed by atoms with Crippen molar-refractivity contribution in [3.63, 3.8) is 0 Å². The summed E-state index contributed by atoms with van der Waals surface area (Å²) in [6.45, 7) is 2.33. The number of hydrogen-bond acceptors (Lipinski definition) is 2. The summed E-state index contributed by atoms with van der Waals surface area (Å²) in [5.74, 6) is 0. The van der Waals surface area contributed by atoms with Gasteiger partial charge in [-0.25, -0.2) is 0 Å². The van der Waals surface area contributed by atoms with Crippen LogP contribution in [0.1, 0.15) is 32.6 Å². The van der Waals surface area contributed by atoms with Crippen LogP contribution in [0.2, 0.25) is 0 Å². The molecule has 3 N–H and O–H groups in total. The van der Waals surface area contributed by atoms with Gasteiger partial charge in [-0.2, -0.15) is 0 Å². The smallest absolute Gasteiger partial charge is 0.0431 e. The zero-order chi connectivity index (χ0) is 7.11. The van der Waals surface area contributed by atoms with E-state index >= 15 is 0 Å². The highest BCUT2D eigenvalue weighted by atomic mass is 16.2. The van der Waals surface area contributed by atoms with E-state index in [9.17, 15) is 0 Å². The first-order valence-electron chi connectivity index (χ1n) is 3.64. The summed E-state index contributed by atoms with van der Waals surface area (Å²) in [6, 6.07) is 0.323. The summed E-state index contributed by atoms with van der Waals surface area (Å²) in [5, 5.41) is 8.40. The molecule has 0 saturated carbocycles. The summed E-state index contributed by atoms with van der Waals surface area (Å²) in [6.07, 6.45) is 4.27. The third-order valence-corrected chi connectivity index (χ3v) is 1.32. The number of aliphatic hydroxyl groups is 1. The lowest BCUT2D eigenvalue weighted by Gasteiger charge is -2.02. The van der Waals surface area contributed by atoms with Gasteiger partial charge in [0.15, 0.2) is 0 Å². The molecule has 2 heteroatoms. The Kier molecular flexibility index (Phi) is 5.99. The topological polar surface area (TPSA) is 46.2 Å². The minimum atomic E-state index is 0.318. The summed E-state index contributed by atoms with van der Waals surface area (Å²) >= 11 is 0. The Morgan fingerprint density at radius 3 is 2.44 bits per heavy atom. The highest BCUT2D eigenvalue weighted by molar-refractivity contribution is 4.52. The quantitative estimate of drug-likeness (QED) is 0.544. The molecule has 2 nitrogen and oxygen atoms in total. The molecule has 0 amide bonds. The van der Waals surface area contributed by atoms with Crippen LogP contribution in [0, 0.1) is 0 Å². The molecule has 56 valence electrons. The van der Waals surface area contributed by atoms with Crippen LogP contribution in [-0.2, 0) is 0 Å². The Morgan fingerprint density at radius 1 is 1.33 bits per heavy atom. The maximum atomic E-state index is 8.40. The van der Waals surface area contributed by atoms with Crippen molar-refractivity contribution >= 4 is 0 Å². The largest absolute Gasteiger partial charge is 0.396 e. The van der Waals surface area contributed by atoms with Gasteiger partial charge in [-0.1, -0.05) is 12.8 Å². The fourth-order valence-corrected chi connectivity index (χ4v) is 0.755. The molecule has 1 atom stereocenters. The summed E-state index contributed by atoms with van der Waals surface area (Å²) in [7, 11) is 0. The van der Waals surface area contributed by atoms with E-state index in [1.807, 2.05) is 6.92 Å². The van der Waals surface area contributed by atoms with Gasteiger partial charge in [0.2, 0.25) is 0 Å². The normalized spacial score (nSPS) is 13.7. The van der Waals surface area contributed by atoms with Gasteiger partial charge in [-0.3, -0.25) is 0 Å². The first-order chi connectivity index (χ1) is 4.27. The SMILES string of the molecule is CC(N)CCCCCO. The van der Waals surface area contributed by atoms with Crippen LogP contribution < -0.4 is 5.73 Å². The third-order valence-electron chi connectivity index (χ3n) is 1.32. The van der Waals surface area contributed by atoms with Crippen LogP contribution >= 0.6 is 0 Å². The number of hydrogen-bond donors (Lipinski definition) is 2. The molecule has 0 saturated heterocycles. The number of nitrogens with two attached hydrogens (primary N) is 1. The van der Waals surface area contributed by atoms with Gasteiger partial charge in [0.25, 0.3) is 0 Å². The van der Waals surface area contributed by atoms with E-state index < -0.39 is 0 Å². The van der Waals surface area contributed by atoms with Crippen molar-refractivity contribution in [3.05, 3.63) is 0 Å². The molecule has 0 radical (unpaired) electrons. The molecule has 0 heterocycles. The van der Waals surface area contributed by atoms with Gasteiger partial charge < -0.3 is 10.8 Å². The van der Waals surface area contributed by atoms with Crippen molar-refractivity contribution < 1.29 is 5.11 Å². The van der Waals surface area contributed by atoms with Gasteiger partial charge in [0.05, 0.1) is 0 Å². The first kappa shape index (κ1) is 8.92. The molecule has 0 bridgehead atoms. The summed E-state index contributed by atoms with van der Waals surface area (Å²) in [4.78, 5) is 0. The van der Waals surface area contributed by atoms with Crippen LogP contribution in [-0.4, -0.2) is 17.8 Å². The van der Waals surface area contributed by atoms with Crippen molar-refractivity contribution in [2.45, 2.75) is 38.6 Å². The van der Waals surface area contributed by atoms with Gasteiger partial charge >= 0.3 is 0 Å². The van der Waals surface area contributed by atoms with Crippen molar-refractivity contribution in [1.29, 1.82) is 0 Å². The average Bonchev–Trinajstić information content (AvgIpc) is 1.80. The predicted octanol–water partition coefficient (Wildman–Crippen LogP) is 0.886. The van der Waals surface area contributed by atoms with E-state index in [2.05, 4.69) is 0 Å².